The molecule has 3 nitrogen and oxygen atoms in total. The van der Waals surface area contributed by atoms with Crippen LogP contribution in [0.5, 0.6) is 0 Å². The molecule has 2 aromatic rings. The van der Waals surface area contributed by atoms with E-state index in [0.29, 0.717) is 6.54 Å². The van der Waals surface area contributed by atoms with Gasteiger partial charge in [-0.1, -0.05) is 0 Å². The molecule has 1 N–H and O–H groups in total. The summed E-state index contributed by atoms with van der Waals surface area (Å²) in [5.74, 6) is -0.939. The molecule has 1 aromatic carbocycles. The predicted molar refractivity (Wildman–Crippen MR) is 66.3 cm³/mol. The number of anilines is 1. The molecule has 1 heterocycles. The lowest BCUT2D eigenvalue weighted by Crippen LogP contribution is -2.05. The predicted octanol–water partition coefficient (Wildman–Crippen LogP) is 3.35. The summed E-state index contributed by atoms with van der Waals surface area (Å²) in [5.41, 5.74) is 0.932. The highest BCUT2D eigenvalue weighted by molar-refractivity contribution is 5.45. The standard InChI is InChI=1S/C13H15F2N3/c1-9(2)18-6-5-11(17-18)8-16-13-7-10(14)3-4-12(13)15/h3-7,9,16H,8H2,1-2H3. The summed E-state index contributed by atoms with van der Waals surface area (Å²) < 4.78 is 28.1. The molecule has 0 spiro atoms. The van der Waals surface area contributed by atoms with Crippen molar-refractivity contribution in [2.45, 2.75) is 26.4 Å². The van der Waals surface area contributed by atoms with E-state index in [2.05, 4.69) is 10.4 Å². The number of aromatic nitrogens is 2. The normalized spacial score (nSPS) is 10.9. The molecule has 0 aliphatic carbocycles. The van der Waals surface area contributed by atoms with Gasteiger partial charge in [0.15, 0.2) is 0 Å². The van der Waals surface area contributed by atoms with Gasteiger partial charge in [0, 0.05) is 12.2 Å². The van der Waals surface area contributed by atoms with Gasteiger partial charge in [-0.25, -0.2) is 8.78 Å². The first-order chi connectivity index (χ1) is 8.56. The van der Waals surface area contributed by atoms with Crippen LogP contribution in [0.15, 0.2) is 30.5 Å². The molecule has 0 amide bonds. The SMILES string of the molecule is CC(C)n1ccc(CNc2cc(F)ccc2F)n1. The van der Waals surface area contributed by atoms with Crippen LogP contribution >= 0.6 is 0 Å². The largest absolute Gasteiger partial charge is 0.377 e. The van der Waals surface area contributed by atoms with E-state index in [0.717, 1.165) is 23.9 Å². The van der Waals surface area contributed by atoms with Crippen molar-refractivity contribution in [3.05, 3.63) is 47.8 Å². The van der Waals surface area contributed by atoms with Crippen LogP contribution in [0.3, 0.4) is 0 Å². The molecule has 0 saturated heterocycles. The maximum atomic E-state index is 13.4. The lowest BCUT2D eigenvalue weighted by Gasteiger charge is -2.06. The van der Waals surface area contributed by atoms with Gasteiger partial charge in [-0.05, 0) is 38.1 Å². The number of hydrogen-bond acceptors (Lipinski definition) is 2. The average molecular weight is 251 g/mol. The first-order valence-electron chi connectivity index (χ1n) is 5.79. The Bertz CT molecular complexity index is 535. The van der Waals surface area contributed by atoms with Crippen molar-refractivity contribution in [3.8, 4) is 0 Å². The third-order valence-electron chi connectivity index (χ3n) is 2.58. The number of halogens is 2. The Morgan fingerprint density at radius 1 is 1.28 bits per heavy atom. The number of nitrogens with zero attached hydrogens (tertiary/aromatic N) is 2. The highest BCUT2D eigenvalue weighted by Gasteiger charge is 2.05. The fourth-order valence-corrected chi connectivity index (χ4v) is 1.58. The maximum Gasteiger partial charge on any atom is 0.146 e. The van der Waals surface area contributed by atoms with E-state index >= 15 is 0 Å². The molecule has 5 heteroatoms. The second-order valence-corrected chi connectivity index (χ2v) is 4.36. The second-order valence-electron chi connectivity index (χ2n) is 4.36. The van der Waals surface area contributed by atoms with Crippen LogP contribution < -0.4 is 5.32 Å². The minimum Gasteiger partial charge on any atom is -0.377 e. The van der Waals surface area contributed by atoms with Crippen molar-refractivity contribution in [2.75, 3.05) is 5.32 Å². The van der Waals surface area contributed by atoms with Crippen molar-refractivity contribution in [1.82, 2.24) is 9.78 Å². The van der Waals surface area contributed by atoms with E-state index in [1.165, 1.54) is 0 Å². The van der Waals surface area contributed by atoms with E-state index in [1.54, 1.807) is 0 Å². The zero-order chi connectivity index (χ0) is 13.1. The third kappa shape index (κ3) is 2.85. The molecule has 0 saturated carbocycles. The quantitative estimate of drug-likeness (QED) is 0.903. The van der Waals surface area contributed by atoms with Crippen molar-refractivity contribution in [3.63, 3.8) is 0 Å². The minimum absolute atomic E-state index is 0.147. The Morgan fingerprint density at radius 3 is 2.72 bits per heavy atom. The van der Waals surface area contributed by atoms with Crippen LogP contribution in [0.4, 0.5) is 14.5 Å². The van der Waals surface area contributed by atoms with Gasteiger partial charge >= 0.3 is 0 Å². The highest BCUT2D eigenvalue weighted by Crippen LogP contribution is 2.16. The minimum atomic E-state index is -0.473. The van der Waals surface area contributed by atoms with Gasteiger partial charge < -0.3 is 5.32 Å². The molecule has 0 fully saturated rings. The lowest BCUT2D eigenvalue weighted by molar-refractivity contribution is 0.527. The van der Waals surface area contributed by atoms with Gasteiger partial charge in [0.25, 0.3) is 0 Å². The summed E-state index contributed by atoms with van der Waals surface area (Å²) in [7, 11) is 0. The van der Waals surface area contributed by atoms with Gasteiger partial charge in [-0.2, -0.15) is 5.10 Å². The molecule has 2 rings (SSSR count). The van der Waals surface area contributed by atoms with Crippen molar-refractivity contribution in [1.29, 1.82) is 0 Å². The smallest absolute Gasteiger partial charge is 0.146 e. The summed E-state index contributed by atoms with van der Waals surface area (Å²) in [4.78, 5) is 0. The molecule has 0 atom stereocenters. The Kier molecular flexibility index (Phi) is 3.60. The molecule has 0 aliphatic heterocycles. The summed E-state index contributed by atoms with van der Waals surface area (Å²) in [6, 6.07) is 5.46. The van der Waals surface area contributed by atoms with Crippen LogP contribution in [0.25, 0.3) is 0 Å². The Morgan fingerprint density at radius 2 is 2.06 bits per heavy atom. The molecule has 0 unspecified atom stereocenters. The van der Waals surface area contributed by atoms with Gasteiger partial charge in [0.1, 0.15) is 11.6 Å². The van der Waals surface area contributed by atoms with Crippen LogP contribution in [0.1, 0.15) is 25.6 Å². The lowest BCUT2D eigenvalue weighted by atomic mass is 10.3. The van der Waals surface area contributed by atoms with E-state index in [9.17, 15) is 8.78 Å². The maximum absolute atomic E-state index is 13.4. The number of hydrogen-bond donors (Lipinski definition) is 1. The molecule has 18 heavy (non-hydrogen) atoms. The van der Waals surface area contributed by atoms with Gasteiger partial charge in [-0.3, -0.25) is 4.68 Å². The topological polar surface area (TPSA) is 29.9 Å². The van der Waals surface area contributed by atoms with Crippen LogP contribution in [0.2, 0.25) is 0 Å². The summed E-state index contributed by atoms with van der Waals surface area (Å²) in [6.45, 7) is 4.41. The number of nitrogens with one attached hydrogen (secondary N) is 1. The number of benzene rings is 1. The zero-order valence-electron chi connectivity index (χ0n) is 10.3. The van der Waals surface area contributed by atoms with Crippen LogP contribution in [-0.2, 0) is 6.54 Å². The second kappa shape index (κ2) is 5.16. The molecule has 0 radical (unpaired) electrons. The van der Waals surface area contributed by atoms with Crippen LogP contribution in [-0.4, -0.2) is 9.78 Å². The van der Waals surface area contributed by atoms with Crippen molar-refractivity contribution in [2.24, 2.45) is 0 Å². The Labute approximate surface area is 104 Å². The molecular formula is C13H15F2N3. The monoisotopic (exact) mass is 251 g/mol. The number of rotatable bonds is 4. The fourth-order valence-electron chi connectivity index (χ4n) is 1.58. The summed E-state index contributed by atoms with van der Waals surface area (Å²) >= 11 is 0. The molecule has 0 aliphatic rings. The van der Waals surface area contributed by atoms with E-state index in [-0.39, 0.29) is 11.7 Å². The fraction of sp³-hybridized carbons (Fsp3) is 0.308. The first-order valence-corrected chi connectivity index (χ1v) is 5.79. The average Bonchev–Trinajstić information content (AvgIpc) is 2.79. The van der Waals surface area contributed by atoms with E-state index in [4.69, 9.17) is 0 Å². The van der Waals surface area contributed by atoms with Crippen molar-refractivity contribution >= 4 is 5.69 Å². The van der Waals surface area contributed by atoms with E-state index < -0.39 is 11.6 Å². The molecule has 96 valence electrons. The Balaban J connectivity index is 2.04. The van der Waals surface area contributed by atoms with Gasteiger partial charge in [-0.15, -0.1) is 0 Å². The summed E-state index contributed by atoms with van der Waals surface area (Å²) in [6.07, 6.45) is 1.86. The molecule has 0 bridgehead atoms. The Hall–Kier alpha value is -1.91. The third-order valence-corrected chi connectivity index (χ3v) is 2.58. The van der Waals surface area contributed by atoms with Gasteiger partial charge in [0.05, 0.1) is 17.9 Å². The summed E-state index contributed by atoms with van der Waals surface area (Å²) in [5, 5.41) is 7.15. The van der Waals surface area contributed by atoms with E-state index in [1.807, 2.05) is 30.8 Å². The van der Waals surface area contributed by atoms with Crippen molar-refractivity contribution < 1.29 is 8.78 Å². The first kappa shape index (κ1) is 12.5. The van der Waals surface area contributed by atoms with Gasteiger partial charge in [0.2, 0.25) is 0 Å². The molecule has 1 aromatic heterocycles. The molecular weight excluding hydrogens is 236 g/mol. The highest BCUT2D eigenvalue weighted by atomic mass is 19.1. The van der Waals surface area contributed by atoms with Crippen LogP contribution in [0, 0.1) is 11.6 Å². The zero-order valence-corrected chi connectivity index (χ0v) is 10.3.